The Bertz CT molecular complexity index is 766. The number of carbonyl (C=O) groups is 1. The molecular weight excluding hydrogens is 294 g/mol. The number of primary amides is 1. The van der Waals surface area contributed by atoms with Crippen LogP contribution in [0.2, 0.25) is 0 Å². The minimum Gasteiger partial charge on any atom is -0.494 e. The van der Waals surface area contributed by atoms with E-state index in [1.165, 1.54) is 6.07 Å². The molecule has 6 heteroatoms. The highest BCUT2D eigenvalue weighted by molar-refractivity contribution is 5.73. The predicted molar refractivity (Wildman–Crippen MR) is 88.4 cm³/mol. The van der Waals surface area contributed by atoms with Crippen LogP contribution in [0.5, 0.6) is 5.75 Å². The lowest BCUT2D eigenvalue weighted by Crippen LogP contribution is -2.30. The average Bonchev–Trinajstić information content (AvgIpc) is 2.49. The van der Waals surface area contributed by atoms with Crippen molar-refractivity contribution in [3.05, 3.63) is 46.4 Å². The van der Waals surface area contributed by atoms with Gasteiger partial charge in [-0.05, 0) is 30.5 Å². The van der Waals surface area contributed by atoms with Gasteiger partial charge in [-0.15, -0.1) is 0 Å². The molecule has 2 aromatic rings. The van der Waals surface area contributed by atoms with Gasteiger partial charge in [0.15, 0.2) is 0 Å². The highest BCUT2D eigenvalue weighted by Crippen LogP contribution is 2.28. The summed E-state index contributed by atoms with van der Waals surface area (Å²) in [5.74, 6) is 0.224. The smallest absolute Gasteiger partial charge is 0.267 e. The van der Waals surface area contributed by atoms with Crippen LogP contribution in [0.4, 0.5) is 0 Å². The molecule has 0 unspecified atom stereocenters. The minimum absolute atomic E-state index is 0.0838. The van der Waals surface area contributed by atoms with Crippen LogP contribution in [-0.4, -0.2) is 22.3 Å². The third kappa shape index (κ3) is 3.97. The molecule has 2 rings (SSSR count). The number of amides is 1. The molecule has 0 bridgehead atoms. The molecule has 1 aromatic carbocycles. The standard InChI is InChI=1S/C17H21N3O3/c1-4-23-13-7-5-6-12(8-13)14-9-16(22)20(10-15(18)21)19-17(14)11(2)3/h5-9,11H,4,10H2,1-3H3,(H2,18,21). The molecule has 0 saturated carbocycles. The molecule has 2 N–H and O–H groups in total. The van der Waals surface area contributed by atoms with Crippen molar-refractivity contribution in [2.45, 2.75) is 33.2 Å². The highest BCUT2D eigenvalue weighted by Gasteiger charge is 2.15. The summed E-state index contributed by atoms with van der Waals surface area (Å²) in [6, 6.07) is 9.02. The van der Waals surface area contributed by atoms with E-state index in [1.54, 1.807) is 0 Å². The zero-order valence-electron chi connectivity index (χ0n) is 13.6. The normalized spacial score (nSPS) is 10.8. The van der Waals surface area contributed by atoms with Crippen LogP contribution in [0.1, 0.15) is 32.4 Å². The quantitative estimate of drug-likeness (QED) is 0.882. The zero-order valence-corrected chi connectivity index (χ0v) is 13.6. The van der Waals surface area contributed by atoms with Gasteiger partial charge in [-0.3, -0.25) is 9.59 Å². The topological polar surface area (TPSA) is 87.2 Å². The second kappa shape index (κ2) is 7.09. The molecule has 1 heterocycles. The van der Waals surface area contributed by atoms with E-state index in [4.69, 9.17) is 10.5 Å². The lowest BCUT2D eigenvalue weighted by molar-refractivity contribution is -0.118. The highest BCUT2D eigenvalue weighted by atomic mass is 16.5. The molecule has 23 heavy (non-hydrogen) atoms. The summed E-state index contributed by atoms with van der Waals surface area (Å²) in [6.07, 6.45) is 0. The van der Waals surface area contributed by atoms with Crippen LogP contribution in [-0.2, 0) is 11.3 Å². The monoisotopic (exact) mass is 315 g/mol. The number of nitrogens with zero attached hydrogens (tertiary/aromatic N) is 2. The molecule has 1 aromatic heterocycles. The van der Waals surface area contributed by atoms with Gasteiger partial charge in [-0.1, -0.05) is 26.0 Å². The van der Waals surface area contributed by atoms with Crippen molar-refractivity contribution in [2.24, 2.45) is 5.73 Å². The van der Waals surface area contributed by atoms with E-state index < -0.39 is 5.91 Å². The number of nitrogens with two attached hydrogens (primary N) is 1. The van der Waals surface area contributed by atoms with Gasteiger partial charge in [0.05, 0.1) is 12.3 Å². The molecule has 0 aliphatic rings. The molecule has 6 nitrogen and oxygen atoms in total. The molecule has 1 amide bonds. The van der Waals surface area contributed by atoms with E-state index in [-0.39, 0.29) is 18.0 Å². The van der Waals surface area contributed by atoms with E-state index >= 15 is 0 Å². The summed E-state index contributed by atoms with van der Waals surface area (Å²) in [5.41, 5.74) is 7.15. The summed E-state index contributed by atoms with van der Waals surface area (Å²) < 4.78 is 6.61. The first-order valence-electron chi connectivity index (χ1n) is 7.56. The Labute approximate surface area is 134 Å². The Hall–Kier alpha value is -2.63. The Morgan fingerprint density at radius 3 is 2.70 bits per heavy atom. The predicted octanol–water partition coefficient (Wildman–Crippen LogP) is 1.92. The van der Waals surface area contributed by atoms with Gasteiger partial charge in [-0.2, -0.15) is 5.10 Å². The van der Waals surface area contributed by atoms with Gasteiger partial charge in [-0.25, -0.2) is 4.68 Å². The molecular formula is C17H21N3O3. The van der Waals surface area contributed by atoms with E-state index in [0.717, 1.165) is 27.3 Å². The van der Waals surface area contributed by atoms with E-state index in [0.29, 0.717) is 6.61 Å². The van der Waals surface area contributed by atoms with E-state index in [9.17, 15) is 9.59 Å². The molecule has 0 aliphatic carbocycles. The number of benzene rings is 1. The van der Waals surface area contributed by atoms with Crippen LogP contribution in [0.25, 0.3) is 11.1 Å². The van der Waals surface area contributed by atoms with E-state index in [2.05, 4.69) is 5.10 Å². The number of aromatic nitrogens is 2. The van der Waals surface area contributed by atoms with Crippen LogP contribution in [0.3, 0.4) is 0 Å². The summed E-state index contributed by atoms with van der Waals surface area (Å²) >= 11 is 0. The van der Waals surface area contributed by atoms with Crippen molar-refractivity contribution in [3.63, 3.8) is 0 Å². The van der Waals surface area contributed by atoms with Crippen molar-refractivity contribution in [1.82, 2.24) is 9.78 Å². The number of carbonyl (C=O) groups excluding carboxylic acids is 1. The molecule has 0 atom stereocenters. The van der Waals surface area contributed by atoms with Gasteiger partial charge in [0, 0.05) is 11.6 Å². The number of hydrogen-bond acceptors (Lipinski definition) is 4. The van der Waals surface area contributed by atoms with Gasteiger partial charge >= 0.3 is 0 Å². The van der Waals surface area contributed by atoms with Gasteiger partial charge < -0.3 is 10.5 Å². The van der Waals surface area contributed by atoms with Gasteiger partial charge in [0.1, 0.15) is 12.3 Å². The van der Waals surface area contributed by atoms with Crippen LogP contribution >= 0.6 is 0 Å². The van der Waals surface area contributed by atoms with Crippen molar-refractivity contribution in [3.8, 4) is 16.9 Å². The summed E-state index contributed by atoms with van der Waals surface area (Å²) in [4.78, 5) is 23.3. The van der Waals surface area contributed by atoms with Crippen LogP contribution in [0, 0.1) is 0 Å². The van der Waals surface area contributed by atoms with E-state index in [1.807, 2.05) is 45.0 Å². The largest absolute Gasteiger partial charge is 0.494 e. The fraction of sp³-hybridized carbons (Fsp3) is 0.353. The fourth-order valence-corrected chi connectivity index (χ4v) is 2.34. The summed E-state index contributed by atoms with van der Waals surface area (Å²) in [7, 11) is 0. The molecule has 122 valence electrons. The lowest BCUT2D eigenvalue weighted by atomic mass is 9.98. The first kappa shape index (κ1) is 16.7. The first-order valence-corrected chi connectivity index (χ1v) is 7.56. The van der Waals surface area contributed by atoms with Gasteiger partial charge in [0.2, 0.25) is 5.91 Å². The Morgan fingerprint density at radius 2 is 2.09 bits per heavy atom. The first-order chi connectivity index (χ1) is 10.9. The zero-order chi connectivity index (χ0) is 17.0. The third-order valence-corrected chi connectivity index (χ3v) is 3.34. The number of rotatable bonds is 6. The lowest BCUT2D eigenvalue weighted by Gasteiger charge is -2.14. The van der Waals surface area contributed by atoms with Crippen molar-refractivity contribution in [2.75, 3.05) is 6.61 Å². The van der Waals surface area contributed by atoms with Crippen LogP contribution in [0.15, 0.2) is 35.1 Å². The molecule has 0 aliphatic heterocycles. The Balaban J connectivity index is 2.57. The molecule has 0 radical (unpaired) electrons. The second-order valence-electron chi connectivity index (χ2n) is 5.52. The number of ether oxygens (including phenoxy) is 1. The SMILES string of the molecule is CCOc1cccc(-c2cc(=O)n(CC(N)=O)nc2C(C)C)c1. The second-order valence-corrected chi connectivity index (χ2v) is 5.52. The maximum absolute atomic E-state index is 12.2. The minimum atomic E-state index is -0.597. The van der Waals surface area contributed by atoms with Gasteiger partial charge in [0.25, 0.3) is 5.56 Å². The Morgan fingerprint density at radius 1 is 1.35 bits per heavy atom. The molecule has 0 spiro atoms. The van der Waals surface area contributed by atoms with Crippen molar-refractivity contribution >= 4 is 5.91 Å². The van der Waals surface area contributed by atoms with Crippen LogP contribution < -0.4 is 16.0 Å². The maximum atomic E-state index is 12.2. The maximum Gasteiger partial charge on any atom is 0.267 e. The number of hydrogen-bond donors (Lipinski definition) is 1. The summed E-state index contributed by atoms with van der Waals surface area (Å²) in [5, 5.41) is 4.33. The molecule has 0 fully saturated rings. The third-order valence-electron chi connectivity index (χ3n) is 3.34. The molecule has 0 saturated heterocycles. The van der Waals surface area contributed by atoms with Crippen molar-refractivity contribution in [1.29, 1.82) is 0 Å². The summed E-state index contributed by atoms with van der Waals surface area (Å²) in [6.45, 7) is 6.23. The van der Waals surface area contributed by atoms with Crippen molar-refractivity contribution < 1.29 is 9.53 Å². The average molecular weight is 315 g/mol. The fourth-order valence-electron chi connectivity index (χ4n) is 2.34. The Kier molecular flexibility index (Phi) is 5.16.